The van der Waals surface area contributed by atoms with Gasteiger partial charge < -0.3 is 15.4 Å². The van der Waals surface area contributed by atoms with E-state index >= 15 is 0 Å². The maximum Gasteiger partial charge on any atom is 0.282 e. The third-order valence-electron chi connectivity index (χ3n) is 4.49. The predicted octanol–water partition coefficient (Wildman–Crippen LogP) is 2.16. The van der Waals surface area contributed by atoms with Crippen molar-refractivity contribution in [2.24, 2.45) is 5.92 Å². The number of para-hydroxylation sites is 2. The Morgan fingerprint density at radius 1 is 1.33 bits per heavy atom. The molecule has 1 aliphatic rings. The van der Waals surface area contributed by atoms with E-state index in [0.29, 0.717) is 17.7 Å². The maximum absolute atomic E-state index is 12.4. The first-order chi connectivity index (χ1) is 10.1. The molecule has 0 bridgehead atoms. The molecule has 0 heterocycles. The van der Waals surface area contributed by atoms with E-state index in [4.69, 9.17) is 4.74 Å². The number of anilines is 1. The van der Waals surface area contributed by atoms with E-state index in [0.717, 1.165) is 5.69 Å². The Hall–Kier alpha value is -1.55. The van der Waals surface area contributed by atoms with Gasteiger partial charge in [0.05, 0.1) is 18.8 Å². The first kappa shape index (κ1) is 15.8. The SMILES string of the molecule is COc1ccccc1NC(=O)[C@H](C)[NH2+][C@H]1CCCC[C@@H]1C. The summed E-state index contributed by atoms with van der Waals surface area (Å²) in [5.41, 5.74) is 0.738. The van der Waals surface area contributed by atoms with Gasteiger partial charge in [-0.15, -0.1) is 0 Å². The normalized spacial score (nSPS) is 23.4. The monoisotopic (exact) mass is 291 g/mol. The zero-order valence-corrected chi connectivity index (χ0v) is 13.3. The van der Waals surface area contributed by atoms with Crippen molar-refractivity contribution in [1.82, 2.24) is 0 Å². The molecule has 1 aliphatic carbocycles. The second kappa shape index (κ2) is 7.46. The van der Waals surface area contributed by atoms with Crippen LogP contribution in [0.2, 0.25) is 0 Å². The Balaban J connectivity index is 1.93. The van der Waals surface area contributed by atoms with Crippen molar-refractivity contribution < 1.29 is 14.8 Å². The summed E-state index contributed by atoms with van der Waals surface area (Å²) < 4.78 is 5.27. The smallest absolute Gasteiger partial charge is 0.282 e. The van der Waals surface area contributed by atoms with Gasteiger partial charge in [-0.1, -0.05) is 25.5 Å². The van der Waals surface area contributed by atoms with Crippen LogP contribution in [0.5, 0.6) is 5.75 Å². The van der Waals surface area contributed by atoms with Crippen LogP contribution in [0.15, 0.2) is 24.3 Å². The number of ether oxygens (including phenoxy) is 1. The highest BCUT2D eigenvalue weighted by Gasteiger charge is 2.28. The van der Waals surface area contributed by atoms with Gasteiger partial charge in [0.15, 0.2) is 6.04 Å². The molecule has 0 radical (unpaired) electrons. The number of benzene rings is 1. The summed E-state index contributed by atoms with van der Waals surface area (Å²) in [6, 6.07) is 8.00. The zero-order valence-electron chi connectivity index (χ0n) is 13.3. The number of methoxy groups -OCH3 is 1. The van der Waals surface area contributed by atoms with E-state index in [1.807, 2.05) is 31.2 Å². The summed E-state index contributed by atoms with van der Waals surface area (Å²) >= 11 is 0. The second-order valence-corrected chi connectivity index (χ2v) is 6.10. The molecule has 1 aromatic rings. The Morgan fingerprint density at radius 3 is 2.76 bits per heavy atom. The number of amides is 1. The average Bonchev–Trinajstić information content (AvgIpc) is 2.50. The van der Waals surface area contributed by atoms with Crippen molar-refractivity contribution in [2.75, 3.05) is 12.4 Å². The number of carbonyl (C=O) groups excluding carboxylic acids is 1. The lowest BCUT2D eigenvalue weighted by Gasteiger charge is -2.28. The van der Waals surface area contributed by atoms with Gasteiger partial charge in [0, 0.05) is 5.92 Å². The molecule has 3 N–H and O–H groups in total. The number of nitrogens with one attached hydrogen (secondary N) is 1. The van der Waals surface area contributed by atoms with Crippen molar-refractivity contribution in [2.45, 2.75) is 51.6 Å². The van der Waals surface area contributed by atoms with E-state index in [-0.39, 0.29) is 11.9 Å². The Bertz CT molecular complexity index is 476. The minimum atomic E-state index is -0.0829. The second-order valence-electron chi connectivity index (χ2n) is 6.10. The van der Waals surface area contributed by atoms with E-state index in [2.05, 4.69) is 17.6 Å². The summed E-state index contributed by atoms with van der Waals surface area (Å²) in [7, 11) is 1.62. The fraction of sp³-hybridized carbons (Fsp3) is 0.588. The van der Waals surface area contributed by atoms with Crippen LogP contribution in [0.1, 0.15) is 39.5 Å². The lowest BCUT2D eigenvalue weighted by atomic mass is 9.85. The number of carbonyl (C=O) groups is 1. The van der Waals surface area contributed by atoms with Gasteiger partial charge in [-0.05, 0) is 38.3 Å². The number of quaternary nitrogens is 1. The van der Waals surface area contributed by atoms with Crippen LogP contribution in [0.3, 0.4) is 0 Å². The van der Waals surface area contributed by atoms with E-state index in [9.17, 15) is 4.79 Å². The fourth-order valence-electron chi connectivity index (χ4n) is 3.08. The van der Waals surface area contributed by atoms with Crippen molar-refractivity contribution in [1.29, 1.82) is 0 Å². The summed E-state index contributed by atoms with van der Waals surface area (Å²) in [5.74, 6) is 1.43. The minimum Gasteiger partial charge on any atom is -0.495 e. The highest BCUT2D eigenvalue weighted by molar-refractivity contribution is 5.94. The third kappa shape index (κ3) is 4.21. The van der Waals surface area contributed by atoms with Crippen LogP contribution in [0, 0.1) is 5.92 Å². The Kier molecular flexibility index (Phi) is 5.62. The molecule has 3 atom stereocenters. The highest BCUT2D eigenvalue weighted by atomic mass is 16.5. The lowest BCUT2D eigenvalue weighted by molar-refractivity contribution is -0.714. The number of hydrogen-bond donors (Lipinski definition) is 2. The van der Waals surface area contributed by atoms with E-state index < -0.39 is 0 Å². The molecule has 0 aromatic heterocycles. The molecular formula is C17H27N2O2+. The molecule has 0 aliphatic heterocycles. The van der Waals surface area contributed by atoms with Crippen LogP contribution in [0.4, 0.5) is 5.69 Å². The first-order valence-corrected chi connectivity index (χ1v) is 7.90. The molecule has 1 amide bonds. The van der Waals surface area contributed by atoms with Crippen molar-refractivity contribution in [3.05, 3.63) is 24.3 Å². The molecule has 0 saturated heterocycles. The van der Waals surface area contributed by atoms with Crippen LogP contribution in [-0.4, -0.2) is 25.1 Å². The first-order valence-electron chi connectivity index (χ1n) is 7.90. The summed E-state index contributed by atoms with van der Waals surface area (Å²) in [6.07, 6.45) is 5.11. The summed E-state index contributed by atoms with van der Waals surface area (Å²) in [4.78, 5) is 12.4. The minimum absolute atomic E-state index is 0.0391. The van der Waals surface area contributed by atoms with Crippen molar-refractivity contribution >= 4 is 11.6 Å². The van der Waals surface area contributed by atoms with E-state index in [1.165, 1.54) is 25.7 Å². The number of hydrogen-bond acceptors (Lipinski definition) is 2. The highest BCUT2D eigenvalue weighted by Crippen LogP contribution is 2.23. The molecule has 0 unspecified atom stereocenters. The van der Waals surface area contributed by atoms with Gasteiger partial charge in [-0.3, -0.25) is 4.79 Å². The molecule has 21 heavy (non-hydrogen) atoms. The van der Waals surface area contributed by atoms with Crippen molar-refractivity contribution in [3.8, 4) is 5.75 Å². The number of rotatable bonds is 5. The molecule has 116 valence electrons. The molecule has 0 spiro atoms. The predicted molar refractivity (Wildman–Crippen MR) is 84.4 cm³/mol. The molecule has 4 nitrogen and oxygen atoms in total. The maximum atomic E-state index is 12.4. The number of nitrogens with two attached hydrogens (primary N) is 1. The van der Waals surface area contributed by atoms with Gasteiger partial charge in [0.25, 0.3) is 5.91 Å². The fourth-order valence-corrected chi connectivity index (χ4v) is 3.08. The van der Waals surface area contributed by atoms with Crippen molar-refractivity contribution in [3.63, 3.8) is 0 Å². The third-order valence-corrected chi connectivity index (χ3v) is 4.49. The molecule has 2 rings (SSSR count). The Morgan fingerprint density at radius 2 is 2.05 bits per heavy atom. The van der Waals surface area contributed by atoms with Gasteiger partial charge in [-0.25, -0.2) is 0 Å². The molecule has 4 heteroatoms. The Labute approximate surface area is 127 Å². The van der Waals surface area contributed by atoms with Gasteiger partial charge in [-0.2, -0.15) is 0 Å². The average molecular weight is 291 g/mol. The molecular weight excluding hydrogens is 264 g/mol. The standard InChI is InChI=1S/C17H26N2O2/c1-12-8-4-5-9-14(12)18-13(2)17(20)19-15-10-6-7-11-16(15)21-3/h6-7,10-14,18H,4-5,8-9H2,1-3H3,(H,19,20)/p+1/t12-,13-,14-/m0/s1. The van der Waals surface area contributed by atoms with Crippen LogP contribution in [-0.2, 0) is 4.79 Å². The summed E-state index contributed by atoms with van der Waals surface area (Å²) in [5, 5.41) is 5.20. The van der Waals surface area contributed by atoms with Crippen LogP contribution < -0.4 is 15.4 Å². The van der Waals surface area contributed by atoms with Gasteiger partial charge in [0.2, 0.25) is 0 Å². The molecule has 1 fully saturated rings. The van der Waals surface area contributed by atoms with Crippen LogP contribution in [0.25, 0.3) is 0 Å². The van der Waals surface area contributed by atoms with Gasteiger partial charge in [0.1, 0.15) is 5.75 Å². The largest absolute Gasteiger partial charge is 0.495 e. The molecule has 1 aromatic carbocycles. The lowest BCUT2D eigenvalue weighted by Crippen LogP contribution is -2.97. The summed E-state index contributed by atoms with van der Waals surface area (Å²) in [6.45, 7) is 4.28. The quantitative estimate of drug-likeness (QED) is 0.873. The van der Waals surface area contributed by atoms with Crippen LogP contribution >= 0.6 is 0 Å². The van der Waals surface area contributed by atoms with E-state index in [1.54, 1.807) is 7.11 Å². The van der Waals surface area contributed by atoms with Gasteiger partial charge >= 0.3 is 0 Å². The topological polar surface area (TPSA) is 54.9 Å². The molecule has 1 saturated carbocycles. The zero-order chi connectivity index (χ0) is 15.2.